The lowest BCUT2D eigenvalue weighted by molar-refractivity contribution is -0.136. The lowest BCUT2D eigenvalue weighted by atomic mass is 10.1. The van der Waals surface area contributed by atoms with Gasteiger partial charge in [0.2, 0.25) is 0 Å². The van der Waals surface area contributed by atoms with Crippen molar-refractivity contribution >= 4 is 28.5 Å². The molecule has 0 saturated heterocycles. The van der Waals surface area contributed by atoms with Gasteiger partial charge in [0.05, 0.1) is 11.9 Å². The summed E-state index contributed by atoms with van der Waals surface area (Å²) in [4.78, 5) is 14.8. The third-order valence-electron chi connectivity index (χ3n) is 2.14. The van der Waals surface area contributed by atoms with Gasteiger partial charge in [0.15, 0.2) is 0 Å². The number of hydrogen-bond acceptors (Lipinski definition) is 2. The van der Waals surface area contributed by atoms with Crippen LogP contribution in [-0.2, 0) is 11.2 Å². The van der Waals surface area contributed by atoms with Gasteiger partial charge in [0.1, 0.15) is 0 Å². The number of benzene rings is 1. The lowest BCUT2D eigenvalue weighted by Gasteiger charge is -2.04. The minimum atomic E-state index is -0.871. The van der Waals surface area contributed by atoms with E-state index in [4.69, 9.17) is 16.7 Å². The Labute approximate surface area is 91.3 Å². The van der Waals surface area contributed by atoms with Gasteiger partial charge < -0.3 is 5.11 Å². The van der Waals surface area contributed by atoms with Gasteiger partial charge in [-0.15, -0.1) is 0 Å². The van der Waals surface area contributed by atoms with Crippen LogP contribution < -0.4 is 0 Å². The zero-order valence-electron chi connectivity index (χ0n) is 7.77. The van der Waals surface area contributed by atoms with Gasteiger partial charge in [-0.3, -0.25) is 9.78 Å². The molecule has 0 aliphatic rings. The van der Waals surface area contributed by atoms with Crippen molar-refractivity contribution in [1.29, 1.82) is 0 Å². The van der Waals surface area contributed by atoms with E-state index in [2.05, 4.69) is 4.98 Å². The van der Waals surface area contributed by atoms with E-state index in [-0.39, 0.29) is 6.42 Å². The van der Waals surface area contributed by atoms with Crippen molar-refractivity contribution in [1.82, 2.24) is 4.98 Å². The van der Waals surface area contributed by atoms with Crippen molar-refractivity contribution in [3.8, 4) is 0 Å². The molecule has 0 saturated carbocycles. The number of hydrogen-bond donors (Lipinski definition) is 1. The predicted molar refractivity (Wildman–Crippen MR) is 58.1 cm³/mol. The van der Waals surface area contributed by atoms with Gasteiger partial charge in [-0.05, 0) is 23.8 Å². The predicted octanol–water partition coefficient (Wildman–Crippen LogP) is 2.52. The Hall–Kier alpha value is -1.61. The molecular weight excluding hydrogens is 214 g/mol. The summed E-state index contributed by atoms with van der Waals surface area (Å²) >= 11 is 5.98. The lowest BCUT2D eigenvalue weighted by Crippen LogP contribution is -2.01. The second-order valence-corrected chi connectivity index (χ2v) is 3.58. The fourth-order valence-corrected chi connectivity index (χ4v) is 1.72. The molecule has 4 heteroatoms. The summed E-state index contributed by atoms with van der Waals surface area (Å²) < 4.78 is 0. The molecule has 0 amide bonds. The van der Waals surface area contributed by atoms with Gasteiger partial charge in [-0.1, -0.05) is 17.7 Å². The minimum Gasteiger partial charge on any atom is -0.481 e. The van der Waals surface area contributed by atoms with E-state index >= 15 is 0 Å². The average molecular weight is 222 g/mol. The van der Waals surface area contributed by atoms with E-state index in [0.29, 0.717) is 16.1 Å². The van der Waals surface area contributed by atoms with Crippen LogP contribution in [0.15, 0.2) is 30.5 Å². The zero-order valence-corrected chi connectivity index (χ0v) is 8.53. The van der Waals surface area contributed by atoms with Crippen LogP contribution in [-0.4, -0.2) is 16.1 Å². The number of carboxylic acids is 1. The molecule has 1 aromatic heterocycles. The molecule has 0 spiro atoms. The molecule has 0 fully saturated rings. The number of halogens is 1. The van der Waals surface area contributed by atoms with E-state index in [1.807, 2.05) is 6.07 Å². The molecule has 0 atom stereocenters. The SMILES string of the molecule is O=C(O)Cc1ccc(Cl)c2cccnc12. The summed E-state index contributed by atoms with van der Waals surface area (Å²) in [6.07, 6.45) is 1.59. The average Bonchev–Trinajstić information content (AvgIpc) is 2.22. The topological polar surface area (TPSA) is 50.2 Å². The standard InChI is InChI=1S/C11H8ClNO2/c12-9-4-3-7(6-10(14)15)11-8(9)2-1-5-13-11/h1-5H,6H2,(H,14,15). The van der Waals surface area contributed by atoms with E-state index in [1.165, 1.54) is 0 Å². The Balaban J connectivity index is 2.66. The summed E-state index contributed by atoms with van der Waals surface area (Å²) in [6, 6.07) is 7.00. The summed E-state index contributed by atoms with van der Waals surface area (Å²) in [6.45, 7) is 0. The second-order valence-electron chi connectivity index (χ2n) is 3.18. The van der Waals surface area contributed by atoms with Crippen molar-refractivity contribution < 1.29 is 9.90 Å². The van der Waals surface area contributed by atoms with Crippen molar-refractivity contribution in [2.75, 3.05) is 0 Å². The van der Waals surface area contributed by atoms with Crippen LogP contribution in [0.3, 0.4) is 0 Å². The number of rotatable bonds is 2. The van der Waals surface area contributed by atoms with Gasteiger partial charge in [0, 0.05) is 16.6 Å². The van der Waals surface area contributed by atoms with Gasteiger partial charge in [-0.2, -0.15) is 0 Å². The highest BCUT2D eigenvalue weighted by Crippen LogP contribution is 2.24. The highest BCUT2D eigenvalue weighted by molar-refractivity contribution is 6.35. The monoisotopic (exact) mass is 221 g/mol. The molecule has 3 nitrogen and oxygen atoms in total. The molecule has 0 bridgehead atoms. The summed E-state index contributed by atoms with van der Waals surface area (Å²) in [7, 11) is 0. The first-order valence-electron chi connectivity index (χ1n) is 4.42. The first-order chi connectivity index (χ1) is 7.18. The van der Waals surface area contributed by atoms with Crippen molar-refractivity contribution in [2.24, 2.45) is 0 Å². The number of aromatic nitrogens is 1. The fourth-order valence-electron chi connectivity index (χ4n) is 1.50. The molecule has 0 aliphatic carbocycles. The van der Waals surface area contributed by atoms with Gasteiger partial charge >= 0.3 is 5.97 Å². The number of carboxylic acid groups (broad SMARTS) is 1. The van der Waals surface area contributed by atoms with Crippen LogP contribution in [0.25, 0.3) is 10.9 Å². The molecule has 15 heavy (non-hydrogen) atoms. The largest absolute Gasteiger partial charge is 0.481 e. The van der Waals surface area contributed by atoms with Crippen LogP contribution in [0.2, 0.25) is 5.02 Å². The first kappa shape index (κ1) is 9.93. The Kier molecular flexibility index (Phi) is 2.56. The normalized spacial score (nSPS) is 10.5. The Bertz CT molecular complexity index is 525. The van der Waals surface area contributed by atoms with Crippen LogP contribution in [0.1, 0.15) is 5.56 Å². The first-order valence-corrected chi connectivity index (χ1v) is 4.80. The maximum atomic E-state index is 10.6. The van der Waals surface area contributed by atoms with Crippen LogP contribution in [0.4, 0.5) is 0 Å². The molecule has 1 heterocycles. The number of aliphatic carboxylic acids is 1. The summed E-state index contributed by atoms with van der Waals surface area (Å²) in [5.41, 5.74) is 1.34. The maximum absolute atomic E-state index is 10.6. The van der Waals surface area contributed by atoms with Gasteiger partial charge in [-0.25, -0.2) is 0 Å². The van der Waals surface area contributed by atoms with Crippen molar-refractivity contribution in [3.05, 3.63) is 41.0 Å². The van der Waals surface area contributed by atoms with E-state index in [9.17, 15) is 4.79 Å². The Morgan fingerprint density at radius 3 is 2.93 bits per heavy atom. The number of nitrogens with zero attached hydrogens (tertiary/aromatic N) is 1. The van der Waals surface area contributed by atoms with Crippen molar-refractivity contribution in [3.63, 3.8) is 0 Å². The van der Waals surface area contributed by atoms with Gasteiger partial charge in [0.25, 0.3) is 0 Å². The van der Waals surface area contributed by atoms with E-state index < -0.39 is 5.97 Å². The number of fused-ring (bicyclic) bond motifs is 1. The van der Waals surface area contributed by atoms with Crippen molar-refractivity contribution in [2.45, 2.75) is 6.42 Å². The van der Waals surface area contributed by atoms with E-state index in [1.54, 1.807) is 24.4 Å². The molecule has 0 unspecified atom stereocenters. The Morgan fingerprint density at radius 1 is 1.40 bits per heavy atom. The summed E-state index contributed by atoms with van der Waals surface area (Å²) in [5, 5.41) is 10.1. The third kappa shape index (κ3) is 1.92. The number of pyridine rings is 1. The van der Waals surface area contributed by atoms with Crippen LogP contribution >= 0.6 is 11.6 Å². The highest BCUT2D eigenvalue weighted by Gasteiger charge is 2.08. The smallest absolute Gasteiger partial charge is 0.307 e. The maximum Gasteiger partial charge on any atom is 0.307 e. The molecule has 1 aromatic carbocycles. The molecule has 76 valence electrons. The molecule has 0 aliphatic heterocycles. The molecule has 1 N–H and O–H groups in total. The minimum absolute atomic E-state index is 0.0370. The number of carbonyl (C=O) groups is 1. The molecule has 0 radical (unpaired) electrons. The quantitative estimate of drug-likeness (QED) is 0.848. The third-order valence-corrected chi connectivity index (χ3v) is 2.47. The second kappa shape index (κ2) is 3.87. The van der Waals surface area contributed by atoms with Crippen LogP contribution in [0.5, 0.6) is 0 Å². The summed E-state index contributed by atoms with van der Waals surface area (Å²) in [5.74, 6) is -0.871. The fraction of sp³-hybridized carbons (Fsp3) is 0.0909. The van der Waals surface area contributed by atoms with E-state index in [0.717, 1.165) is 5.39 Å². The van der Waals surface area contributed by atoms with Crippen LogP contribution in [0, 0.1) is 0 Å². The Morgan fingerprint density at radius 2 is 2.20 bits per heavy atom. The molecular formula is C11H8ClNO2. The zero-order chi connectivity index (χ0) is 10.8. The highest BCUT2D eigenvalue weighted by atomic mass is 35.5. The molecule has 2 rings (SSSR count). The molecule has 2 aromatic rings.